The highest BCUT2D eigenvalue weighted by Gasteiger charge is 2.11. The highest BCUT2D eigenvalue weighted by Crippen LogP contribution is 2.20. The van der Waals surface area contributed by atoms with Gasteiger partial charge in [0.1, 0.15) is 14.9 Å². The van der Waals surface area contributed by atoms with Crippen LogP contribution in [0.25, 0.3) is 0 Å². The van der Waals surface area contributed by atoms with Crippen molar-refractivity contribution < 1.29 is 4.79 Å². The largest absolute Gasteiger partial charge is 0.303 e. The van der Waals surface area contributed by atoms with Crippen LogP contribution in [-0.4, -0.2) is 20.9 Å². The molecule has 2 aromatic heterocycles. The van der Waals surface area contributed by atoms with E-state index in [2.05, 4.69) is 52.1 Å². The van der Waals surface area contributed by atoms with E-state index in [9.17, 15) is 4.79 Å². The quantitative estimate of drug-likeness (QED) is 0.852. The zero-order valence-corrected chi connectivity index (χ0v) is 12.6. The first kappa shape index (κ1) is 13.4. The predicted octanol–water partition coefficient (Wildman–Crippen LogP) is 3.30. The summed E-state index contributed by atoms with van der Waals surface area (Å²) in [7, 11) is 0. The monoisotopic (exact) mass is 390 g/mol. The smallest absolute Gasteiger partial charge is 0.275 e. The van der Waals surface area contributed by atoms with Crippen molar-refractivity contribution in [1.82, 2.24) is 15.0 Å². The maximum absolute atomic E-state index is 11.9. The zero-order valence-electron chi connectivity index (χ0n) is 8.69. The average molecular weight is 392 g/mol. The molecule has 0 unspecified atom stereocenters. The lowest BCUT2D eigenvalue weighted by Gasteiger charge is -2.05. The predicted molar refractivity (Wildman–Crippen MR) is 74.6 cm³/mol. The molecule has 1 N–H and O–H groups in total. The molecule has 2 heterocycles. The first-order valence-electron chi connectivity index (χ1n) is 4.67. The first-order valence-corrected chi connectivity index (χ1v) is 6.63. The minimum Gasteiger partial charge on any atom is -0.303 e. The van der Waals surface area contributed by atoms with E-state index in [1.54, 1.807) is 6.07 Å². The van der Waals surface area contributed by atoms with Crippen molar-refractivity contribution in [2.75, 3.05) is 5.32 Å². The average Bonchev–Trinajstić information content (AvgIpc) is 2.32. The molecule has 5 nitrogen and oxygen atoms in total. The molecular weight excluding hydrogens is 387 g/mol. The second kappa shape index (κ2) is 5.73. The molecule has 8 heteroatoms. The van der Waals surface area contributed by atoms with Crippen molar-refractivity contribution in [2.45, 2.75) is 0 Å². The third-order valence-electron chi connectivity index (χ3n) is 1.89. The molecule has 18 heavy (non-hydrogen) atoms. The molecule has 0 radical (unpaired) electrons. The molecule has 1 amide bonds. The lowest BCUT2D eigenvalue weighted by atomic mass is 10.3. The van der Waals surface area contributed by atoms with E-state index in [-0.39, 0.29) is 5.69 Å². The van der Waals surface area contributed by atoms with Crippen LogP contribution in [0.3, 0.4) is 0 Å². The fourth-order valence-corrected chi connectivity index (χ4v) is 2.20. The van der Waals surface area contributed by atoms with Gasteiger partial charge in [-0.25, -0.2) is 9.97 Å². The van der Waals surface area contributed by atoms with Crippen LogP contribution in [0.1, 0.15) is 10.5 Å². The summed E-state index contributed by atoms with van der Waals surface area (Å²) in [5, 5.41) is 3.02. The second-order valence-corrected chi connectivity index (χ2v) is 5.15. The van der Waals surface area contributed by atoms with Crippen LogP contribution >= 0.6 is 43.5 Å². The van der Waals surface area contributed by atoms with Gasteiger partial charge in [0.2, 0.25) is 0 Å². The molecule has 0 saturated heterocycles. The Bertz CT molecular complexity index is 608. The van der Waals surface area contributed by atoms with Crippen molar-refractivity contribution in [3.05, 3.63) is 44.4 Å². The van der Waals surface area contributed by atoms with Crippen molar-refractivity contribution in [1.29, 1.82) is 0 Å². The minimum absolute atomic E-state index is 0.208. The minimum atomic E-state index is -0.408. The lowest BCUT2D eigenvalue weighted by Crippen LogP contribution is -2.15. The summed E-state index contributed by atoms with van der Waals surface area (Å²) < 4.78 is 0.987. The molecule has 0 aliphatic heterocycles. The van der Waals surface area contributed by atoms with Gasteiger partial charge in [0, 0.05) is 11.2 Å². The van der Waals surface area contributed by atoms with Gasteiger partial charge in [0.25, 0.3) is 5.91 Å². The molecule has 0 spiro atoms. The molecule has 92 valence electrons. The summed E-state index contributed by atoms with van der Waals surface area (Å²) in [6.45, 7) is 0. The summed E-state index contributed by atoms with van der Waals surface area (Å²) in [4.78, 5) is 23.8. The Morgan fingerprint density at radius 3 is 2.78 bits per heavy atom. The van der Waals surface area contributed by atoms with Crippen molar-refractivity contribution >= 4 is 55.2 Å². The van der Waals surface area contributed by atoms with E-state index in [0.29, 0.717) is 20.0 Å². The number of anilines is 1. The third kappa shape index (κ3) is 3.24. The highest BCUT2D eigenvalue weighted by molar-refractivity contribution is 9.11. The number of nitrogens with one attached hydrogen (secondary N) is 1. The molecule has 0 saturated carbocycles. The van der Waals surface area contributed by atoms with E-state index in [4.69, 9.17) is 11.6 Å². The number of carbonyl (C=O) groups excluding carboxylic acids is 1. The van der Waals surface area contributed by atoms with Crippen LogP contribution in [0.5, 0.6) is 0 Å². The van der Waals surface area contributed by atoms with Gasteiger partial charge in [-0.15, -0.1) is 0 Å². The molecule has 0 aliphatic carbocycles. The lowest BCUT2D eigenvalue weighted by molar-refractivity contribution is 0.102. The Labute approximate surface area is 124 Å². The number of nitrogens with zero attached hydrogens (tertiary/aromatic N) is 3. The molecule has 0 bridgehead atoms. The Kier molecular flexibility index (Phi) is 4.26. The second-order valence-electron chi connectivity index (χ2n) is 3.15. The van der Waals surface area contributed by atoms with Gasteiger partial charge >= 0.3 is 0 Å². The Morgan fingerprint density at radius 2 is 2.11 bits per heavy atom. The van der Waals surface area contributed by atoms with Gasteiger partial charge in [0.15, 0.2) is 5.82 Å². The van der Waals surface area contributed by atoms with Crippen molar-refractivity contribution in [3.8, 4) is 0 Å². The number of rotatable bonds is 2. The topological polar surface area (TPSA) is 67.8 Å². The fourth-order valence-electron chi connectivity index (χ4n) is 1.13. The maximum atomic E-state index is 11.9. The molecule has 0 aromatic carbocycles. The fraction of sp³-hybridized carbons (Fsp3) is 0. The maximum Gasteiger partial charge on any atom is 0.275 e. The summed E-state index contributed by atoms with van der Waals surface area (Å²) in [6.07, 6.45) is 2.94. The van der Waals surface area contributed by atoms with Crippen LogP contribution in [-0.2, 0) is 0 Å². The third-order valence-corrected chi connectivity index (χ3v) is 3.06. The van der Waals surface area contributed by atoms with Crippen LogP contribution in [0, 0.1) is 0 Å². The number of carbonyl (C=O) groups is 1. The van der Waals surface area contributed by atoms with Gasteiger partial charge in [-0.2, -0.15) is 0 Å². The van der Waals surface area contributed by atoms with Crippen LogP contribution in [0.2, 0.25) is 5.02 Å². The first-order chi connectivity index (χ1) is 8.56. The summed E-state index contributed by atoms with van der Waals surface area (Å²) in [5.41, 5.74) is 0.208. The summed E-state index contributed by atoms with van der Waals surface area (Å²) in [6, 6.07) is 3.06. The van der Waals surface area contributed by atoms with E-state index >= 15 is 0 Å². The number of pyridine rings is 1. The highest BCUT2D eigenvalue weighted by atomic mass is 79.9. The van der Waals surface area contributed by atoms with Gasteiger partial charge in [-0.1, -0.05) is 11.6 Å². The number of hydrogen-bond acceptors (Lipinski definition) is 4. The molecule has 0 atom stereocenters. The number of halogens is 3. The Hall–Kier alpha value is -1.05. The standard InChI is InChI=1S/C10H5Br2ClN4O/c11-7-4-15-9(8(12)16-7)17-10(18)6-3-5(13)1-2-14-6/h1-4H,(H,15,17,18). The molecule has 0 fully saturated rings. The Balaban J connectivity index is 2.21. The zero-order chi connectivity index (χ0) is 13.1. The molecule has 2 rings (SSSR count). The number of hydrogen-bond donors (Lipinski definition) is 1. The normalized spacial score (nSPS) is 10.2. The summed E-state index contributed by atoms with van der Waals surface area (Å²) in [5.74, 6) is -0.0974. The van der Waals surface area contributed by atoms with Crippen LogP contribution in [0.4, 0.5) is 5.82 Å². The van der Waals surface area contributed by atoms with Crippen LogP contribution < -0.4 is 5.32 Å². The van der Waals surface area contributed by atoms with Crippen molar-refractivity contribution in [3.63, 3.8) is 0 Å². The van der Waals surface area contributed by atoms with Gasteiger partial charge in [-0.05, 0) is 44.0 Å². The van der Waals surface area contributed by atoms with Gasteiger partial charge in [-0.3, -0.25) is 9.78 Å². The van der Waals surface area contributed by atoms with Crippen molar-refractivity contribution in [2.24, 2.45) is 0 Å². The summed E-state index contributed by atoms with van der Waals surface area (Å²) >= 11 is 12.1. The number of amides is 1. The van der Waals surface area contributed by atoms with E-state index in [0.717, 1.165) is 0 Å². The molecule has 0 aliphatic rings. The van der Waals surface area contributed by atoms with Gasteiger partial charge < -0.3 is 5.32 Å². The van der Waals surface area contributed by atoms with Gasteiger partial charge in [0.05, 0.1) is 6.20 Å². The van der Waals surface area contributed by atoms with E-state index in [1.807, 2.05) is 0 Å². The van der Waals surface area contributed by atoms with Crippen LogP contribution in [0.15, 0.2) is 33.7 Å². The Morgan fingerprint density at radius 1 is 1.33 bits per heavy atom. The molecular formula is C10H5Br2ClN4O. The number of aromatic nitrogens is 3. The van der Waals surface area contributed by atoms with E-state index < -0.39 is 5.91 Å². The SMILES string of the molecule is O=C(Nc1ncc(Br)nc1Br)c1cc(Cl)ccn1. The van der Waals surface area contributed by atoms with E-state index in [1.165, 1.54) is 18.5 Å². The molecule has 2 aromatic rings.